The van der Waals surface area contributed by atoms with Crippen molar-refractivity contribution in [1.29, 1.82) is 0 Å². The number of fused-ring (bicyclic) bond motifs is 1. The summed E-state index contributed by atoms with van der Waals surface area (Å²) in [7, 11) is 0. The third kappa shape index (κ3) is 3.12. The van der Waals surface area contributed by atoms with Crippen molar-refractivity contribution >= 4 is 50.7 Å². The van der Waals surface area contributed by atoms with Crippen LogP contribution in [0.3, 0.4) is 0 Å². The molecule has 3 aromatic carbocycles. The maximum absolute atomic E-state index is 13.5. The highest BCUT2D eigenvalue weighted by molar-refractivity contribution is 9.10. The quantitative estimate of drug-likeness (QED) is 0.483. The van der Waals surface area contributed by atoms with E-state index < -0.39 is 18.1 Å². The summed E-state index contributed by atoms with van der Waals surface area (Å²) in [5, 5.41) is 2.22. The molecule has 2 aliphatic rings. The fourth-order valence-electron chi connectivity index (χ4n) is 4.09. The molecule has 5 nitrogen and oxygen atoms in total. The molecule has 2 heterocycles. The first-order valence-electron chi connectivity index (χ1n) is 9.44. The van der Waals surface area contributed by atoms with E-state index in [0.29, 0.717) is 10.7 Å². The number of hydrogen-bond acceptors (Lipinski definition) is 4. The van der Waals surface area contributed by atoms with Crippen molar-refractivity contribution < 1.29 is 14.4 Å². The minimum atomic E-state index is -0.898. The van der Waals surface area contributed by atoms with Gasteiger partial charge in [0.2, 0.25) is 5.91 Å². The Balaban J connectivity index is 1.59. The molecule has 30 heavy (non-hydrogen) atoms. The Morgan fingerprint density at radius 2 is 1.57 bits per heavy atom. The topological polar surface area (TPSA) is 49.9 Å². The van der Waals surface area contributed by atoms with Crippen LogP contribution in [0.15, 0.2) is 83.3 Å². The van der Waals surface area contributed by atoms with Crippen LogP contribution in [0.4, 0.5) is 11.4 Å². The smallest absolute Gasteiger partial charge is 0.266 e. The summed E-state index contributed by atoms with van der Waals surface area (Å²) in [6.07, 6.45) is -0.898. The van der Waals surface area contributed by atoms with Gasteiger partial charge in [0.05, 0.1) is 17.4 Å². The lowest BCUT2D eigenvalue weighted by Crippen LogP contribution is -2.37. The third-order valence-corrected chi connectivity index (χ3v) is 6.16. The van der Waals surface area contributed by atoms with Gasteiger partial charge in [0.1, 0.15) is 5.92 Å². The number of carbonyl (C=O) groups is 2. The van der Waals surface area contributed by atoms with Gasteiger partial charge in [-0.15, -0.1) is 0 Å². The molecule has 0 saturated carbocycles. The zero-order chi connectivity index (χ0) is 20.8. The van der Waals surface area contributed by atoms with Crippen LogP contribution in [0.2, 0.25) is 5.02 Å². The number of benzene rings is 3. The van der Waals surface area contributed by atoms with Gasteiger partial charge in [0, 0.05) is 9.50 Å². The normalized spacial score (nSPS) is 23.2. The highest BCUT2D eigenvalue weighted by Gasteiger charge is 2.60. The van der Waals surface area contributed by atoms with E-state index in [1.54, 1.807) is 35.4 Å². The Labute approximate surface area is 186 Å². The van der Waals surface area contributed by atoms with Crippen molar-refractivity contribution in [3.63, 3.8) is 0 Å². The fraction of sp³-hybridized carbons (Fsp3) is 0.130. The van der Waals surface area contributed by atoms with E-state index in [1.807, 2.05) is 48.5 Å². The van der Waals surface area contributed by atoms with E-state index in [1.165, 1.54) is 4.90 Å². The second-order valence-electron chi connectivity index (χ2n) is 7.20. The lowest BCUT2D eigenvalue weighted by atomic mass is 9.90. The number of carbonyl (C=O) groups excluding carboxylic acids is 2. The Hall–Kier alpha value is -2.67. The van der Waals surface area contributed by atoms with Crippen LogP contribution in [-0.4, -0.2) is 17.9 Å². The van der Waals surface area contributed by atoms with E-state index in [2.05, 4.69) is 15.9 Å². The zero-order valence-corrected chi connectivity index (χ0v) is 18.0. The second-order valence-corrected chi connectivity index (χ2v) is 8.55. The van der Waals surface area contributed by atoms with Gasteiger partial charge in [0.25, 0.3) is 5.91 Å². The van der Waals surface area contributed by atoms with Crippen LogP contribution in [0, 0.1) is 5.92 Å². The first kappa shape index (κ1) is 19.3. The number of hydrogen-bond donors (Lipinski definition) is 0. The number of halogens is 2. The lowest BCUT2D eigenvalue weighted by molar-refractivity contribution is -0.126. The number of rotatable bonds is 3. The molecule has 2 amide bonds. The SMILES string of the molecule is O=C1[C@H]2[C@@H](ON(c3ccccc3)[C@H]2c2cccc(Cl)c2)C(=O)N1c1ccc(Br)cc1. The summed E-state index contributed by atoms with van der Waals surface area (Å²) in [6.45, 7) is 0. The number of imide groups is 1. The molecule has 0 N–H and O–H groups in total. The molecule has 0 aromatic heterocycles. The largest absolute Gasteiger partial charge is 0.273 e. The van der Waals surface area contributed by atoms with E-state index in [9.17, 15) is 9.59 Å². The van der Waals surface area contributed by atoms with E-state index in [0.717, 1.165) is 15.7 Å². The second kappa shape index (κ2) is 7.54. The molecule has 3 atom stereocenters. The van der Waals surface area contributed by atoms with Crippen molar-refractivity contribution in [1.82, 2.24) is 0 Å². The van der Waals surface area contributed by atoms with Crippen molar-refractivity contribution in [2.45, 2.75) is 12.1 Å². The molecule has 0 spiro atoms. The number of para-hydroxylation sites is 1. The first-order chi connectivity index (χ1) is 14.5. The number of amides is 2. The number of anilines is 2. The predicted molar refractivity (Wildman–Crippen MR) is 118 cm³/mol. The summed E-state index contributed by atoms with van der Waals surface area (Å²) in [4.78, 5) is 34.0. The molecule has 7 heteroatoms. The Kier molecular flexibility index (Phi) is 4.85. The third-order valence-electron chi connectivity index (χ3n) is 5.40. The molecule has 0 bridgehead atoms. The molecule has 150 valence electrons. The van der Waals surface area contributed by atoms with E-state index in [4.69, 9.17) is 16.4 Å². The van der Waals surface area contributed by atoms with Crippen LogP contribution >= 0.6 is 27.5 Å². The van der Waals surface area contributed by atoms with Crippen molar-refractivity contribution in [3.05, 3.63) is 93.9 Å². The number of hydroxylamine groups is 1. The van der Waals surface area contributed by atoms with Crippen molar-refractivity contribution in [2.75, 3.05) is 9.96 Å². The fourth-order valence-corrected chi connectivity index (χ4v) is 4.55. The molecule has 3 aromatic rings. The summed E-state index contributed by atoms with van der Waals surface area (Å²) in [6, 6.07) is 23.4. The Bertz CT molecular complexity index is 1120. The molecule has 2 aliphatic heterocycles. The minimum Gasteiger partial charge on any atom is -0.273 e. The zero-order valence-electron chi connectivity index (χ0n) is 15.6. The average molecular weight is 484 g/mol. The average Bonchev–Trinajstić information content (AvgIpc) is 3.26. The van der Waals surface area contributed by atoms with Crippen molar-refractivity contribution in [3.8, 4) is 0 Å². The van der Waals surface area contributed by atoms with Gasteiger partial charge < -0.3 is 0 Å². The van der Waals surface area contributed by atoms with Gasteiger partial charge in [-0.1, -0.05) is 57.9 Å². The standard InChI is InChI=1S/C23H16BrClN2O3/c24-15-9-11-17(12-10-15)26-22(28)19-20(14-5-4-6-16(25)13-14)27(30-21(19)23(26)29)18-7-2-1-3-8-18/h1-13,19-21H/t19-,20+,21-/m1/s1. The van der Waals surface area contributed by atoms with Gasteiger partial charge in [-0.3, -0.25) is 14.4 Å². The summed E-state index contributed by atoms with van der Waals surface area (Å²) >= 11 is 9.62. The van der Waals surface area contributed by atoms with Crippen LogP contribution < -0.4 is 9.96 Å². The van der Waals surface area contributed by atoms with E-state index >= 15 is 0 Å². The van der Waals surface area contributed by atoms with Crippen LogP contribution in [0.25, 0.3) is 0 Å². The molecular weight excluding hydrogens is 468 g/mol. The summed E-state index contributed by atoms with van der Waals surface area (Å²) in [5.74, 6) is -1.33. The Morgan fingerprint density at radius 3 is 2.27 bits per heavy atom. The van der Waals surface area contributed by atoms with Crippen molar-refractivity contribution in [2.24, 2.45) is 5.92 Å². The van der Waals surface area contributed by atoms with E-state index in [-0.39, 0.29) is 11.8 Å². The molecule has 0 unspecified atom stereocenters. The Morgan fingerprint density at radius 1 is 0.833 bits per heavy atom. The molecule has 2 saturated heterocycles. The molecular formula is C23H16BrClN2O3. The van der Waals surface area contributed by atoms with Crippen LogP contribution in [0.1, 0.15) is 11.6 Å². The van der Waals surface area contributed by atoms with Crippen LogP contribution in [-0.2, 0) is 14.4 Å². The highest BCUT2D eigenvalue weighted by Crippen LogP contribution is 2.47. The summed E-state index contributed by atoms with van der Waals surface area (Å²) < 4.78 is 0.869. The molecule has 5 rings (SSSR count). The van der Waals surface area contributed by atoms with Gasteiger partial charge in [0.15, 0.2) is 6.10 Å². The summed E-state index contributed by atoms with van der Waals surface area (Å²) in [5.41, 5.74) is 2.12. The highest BCUT2D eigenvalue weighted by atomic mass is 79.9. The monoisotopic (exact) mass is 482 g/mol. The first-order valence-corrected chi connectivity index (χ1v) is 10.6. The number of nitrogens with zero attached hydrogens (tertiary/aromatic N) is 2. The minimum absolute atomic E-state index is 0.282. The molecule has 0 radical (unpaired) electrons. The lowest BCUT2D eigenvalue weighted by Gasteiger charge is -2.28. The maximum Gasteiger partial charge on any atom is 0.266 e. The molecule has 2 fully saturated rings. The van der Waals surface area contributed by atoms with Gasteiger partial charge in [-0.25, -0.2) is 9.96 Å². The van der Waals surface area contributed by atoms with Gasteiger partial charge >= 0.3 is 0 Å². The van der Waals surface area contributed by atoms with Gasteiger partial charge in [-0.05, 0) is 54.1 Å². The predicted octanol–water partition coefficient (Wildman–Crippen LogP) is 5.15. The van der Waals surface area contributed by atoms with Gasteiger partial charge in [-0.2, -0.15) is 0 Å². The van der Waals surface area contributed by atoms with Crippen LogP contribution in [0.5, 0.6) is 0 Å². The maximum atomic E-state index is 13.5. The molecule has 0 aliphatic carbocycles.